The van der Waals surface area contributed by atoms with Gasteiger partial charge in [0.25, 0.3) is 5.95 Å². The SMILES string of the molecule is COc1cccc(-c2cc(-c3cccc(OC)c3)n(-c3nc(-c4ccc(C)cc4)cc(C(F)(F)F)n3)n2)c1. The summed E-state index contributed by atoms with van der Waals surface area (Å²) in [4.78, 5) is 8.42. The van der Waals surface area contributed by atoms with E-state index in [1.807, 2.05) is 37.3 Å². The van der Waals surface area contributed by atoms with E-state index in [-0.39, 0.29) is 11.6 Å². The van der Waals surface area contributed by atoms with E-state index in [1.54, 1.807) is 62.8 Å². The van der Waals surface area contributed by atoms with Gasteiger partial charge in [-0.25, -0.2) is 9.97 Å². The number of benzene rings is 3. The molecule has 5 aromatic rings. The fraction of sp³-hybridized carbons (Fsp3) is 0.138. The number of alkyl halides is 3. The number of aromatic nitrogens is 4. The summed E-state index contributed by atoms with van der Waals surface area (Å²) in [5.41, 5.74) is 2.99. The molecule has 0 aliphatic carbocycles. The zero-order valence-corrected chi connectivity index (χ0v) is 20.8. The van der Waals surface area contributed by atoms with Crippen molar-refractivity contribution in [3.63, 3.8) is 0 Å². The van der Waals surface area contributed by atoms with E-state index in [0.717, 1.165) is 17.2 Å². The second kappa shape index (κ2) is 10.0. The highest BCUT2D eigenvalue weighted by Crippen LogP contribution is 2.34. The number of nitrogens with zero attached hydrogens (tertiary/aromatic N) is 4. The molecule has 0 amide bonds. The van der Waals surface area contributed by atoms with Crippen molar-refractivity contribution in [2.45, 2.75) is 13.1 Å². The first-order valence-electron chi connectivity index (χ1n) is 11.7. The van der Waals surface area contributed by atoms with Gasteiger partial charge in [0, 0.05) is 16.7 Å². The maximum absolute atomic E-state index is 14.0. The number of halogens is 3. The van der Waals surface area contributed by atoms with Crippen LogP contribution >= 0.6 is 0 Å². The lowest BCUT2D eigenvalue weighted by Crippen LogP contribution is -2.14. The number of methoxy groups -OCH3 is 2. The Morgan fingerprint density at radius 3 is 1.95 bits per heavy atom. The van der Waals surface area contributed by atoms with Gasteiger partial charge >= 0.3 is 6.18 Å². The average Bonchev–Trinajstić information content (AvgIpc) is 3.39. The minimum atomic E-state index is -4.68. The minimum absolute atomic E-state index is 0.136. The van der Waals surface area contributed by atoms with E-state index in [0.29, 0.717) is 34.0 Å². The van der Waals surface area contributed by atoms with Crippen LogP contribution in [0.15, 0.2) is 84.9 Å². The van der Waals surface area contributed by atoms with Gasteiger partial charge in [0.05, 0.1) is 31.3 Å². The van der Waals surface area contributed by atoms with Crippen LogP contribution in [-0.2, 0) is 6.18 Å². The Kier molecular flexibility index (Phi) is 6.59. The molecule has 0 bridgehead atoms. The number of hydrogen-bond donors (Lipinski definition) is 0. The third-order valence-electron chi connectivity index (χ3n) is 5.98. The van der Waals surface area contributed by atoms with Crippen LogP contribution in [0.1, 0.15) is 11.3 Å². The van der Waals surface area contributed by atoms with Crippen LogP contribution in [0, 0.1) is 6.92 Å². The molecule has 0 saturated carbocycles. The van der Waals surface area contributed by atoms with Crippen LogP contribution in [0.4, 0.5) is 13.2 Å². The van der Waals surface area contributed by atoms with Crippen molar-refractivity contribution < 1.29 is 22.6 Å². The number of aryl methyl sites for hydroxylation is 1. The Bertz CT molecular complexity index is 1590. The number of ether oxygens (including phenoxy) is 2. The molecule has 2 heterocycles. The third kappa shape index (κ3) is 5.08. The van der Waals surface area contributed by atoms with E-state index >= 15 is 0 Å². The van der Waals surface area contributed by atoms with Crippen molar-refractivity contribution in [2.75, 3.05) is 14.2 Å². The molecule has 0 aliphatic rings. The summed E-state index contributed by atoms with van der Waals surface area (Å²) in [5.74, 6) is 1.00. The highest BCUT2D eigenvalue weighted by Gasteiger charge is 2.34. The lowest BCUT2D eigenvalue weighted by molar-refractivity contribution is -0.141. The lowest BCUT2D eigenvalue weighted by atomic mass is 10.1. The summed E-state index contributed by atoms with van der Waals surface area (Å²) in [6, 6.07) is 24.3. The molecule has 2 aromatic heterocycles. The maximum Gasteiger partial charge on any atom is 0.433 e. The van der Waals surface area contributed by atoms with E-state index in [9.17, 15) is 13.2 Å². The molecular weight excluding hydrogens is 493 g/mol. The topological polar surface area (TPSA) is 62.1 Å². The molecule has 0 atom stereocenters. The van der Waals surface area contributed by atoms with E-state index in [2.05, 4.69) is 15.1 Å². The molecule has 0 spiro atoms. The van der Waals surface area contributed by atoms with Crippen LogP contribution in [-0.4, -0.2) is 34.0 Å². The van der Waals surface area contributed by atoms with Crippen molar-refractivity contribution in [1.29, 1.82) is 0 Å². The highest BCUT2D eigenvalue weighted by molar-refractivity contribution is 5.72. The molecule has 9 heteroatoms. The predicted octanol–water partition coefficient (Wildman–Crippen LogP) is 7.01. The minimum Gasteiger partial charge on any atom is -0.497 e. The fourth-order valence-electron chi connectivity index (χ4n) is 3.99. The summed E-state index contributed by atoms with van der Waals surface area (Å²) < 4.78 is 53.9. The molecule has 0 saturated heterocycles. The molecule has 38 heavy (non-hydrogen) atoms. The van der Waals surface area contributed by atoms with Crippen molar-refractivity contribution >= 4 is 0 Å². The average molecular weight is 517 g/mol. The summed E-state index contributed by atoms with van der Waals surface area (Å²) in [6.07, 6.45) is -4.68. The monoisotopic (exact) mass is 516 g/mol. The Labute approximate surface area is 217 Å². The van der Waals surface area contributed by atoms with Crippen LogP contribution in [0.25, 0.3) is 39.7 Å². The third-order valence-corrected chi connectivity index (χ3v) is 5.98. The quantitative estimate of drug-likeness (QED) is 0.243. The molecule has 0 radical (unpaired) electrons. The molecular formula is C29H23F3N4O2. The van der Waals surface area contributed by atoms with E-state index in [1.165, 1.54) is 4.68 Å². The van der Waals surface area contributed by atoms with Crippen molar-refractivity contribution in [2.24, 2.45) is 0 Å². The zero-order chi connectivity index (χ0) is 26.9. The molecule has 5 rings (SSSR count). The van der Waals surface area contributed by atoms with Gasteiger partial charge < -0.3 is 9.47 Å². The molecule has 192 valence electrons. The van der Waals surface area contributed by atoms with Gasteiger partial charge in [-0.15, -0.1) is 0 Å². The normalized spacial score (nSPS) is 11.4. The zero-order valence-electron chi connectivity index (χ0n) is 20.8. The smallest absolute Gasteiger partial charge is 0.433 e. The largest absolute Gasteiger partial charge is 0.497 e. The highest BCUT2D eigenvalue weighted by atomic mass is 19.4. The second-order valence-electron chi connectivity index (χ2n) is 8.59. The van der Waals surface area contributed by atoms with Crippen LogP contribution in [0.3, 0.4) is 0 Å². The number of hydrogen-bond acceptors (Lipinski definition) is 5. The van der Waals surface area contributed by atoms with Gasteiger partial charge in [0.15, 0.2) is 5.69 Å². The van der Waals surface area contributed by atoms with Gasteiger partial charge in [-0.1, -0.05) is 54.1 Å². The van der Waals surface area contributed by atoms with Gasteiger partial charge in [-0.2, -0.15) is 23.0 Å². The molecule has 6 nitrogen and oxygen atoms in total. The Morgan fingerprint density at radius 2 is 1.32 bits per heavy atom. The number of rotatable bonds is 6. The predicted molar refractivity (Wildman–Crippen MR) is 138 cm³/mol. The van der Waals surface area contributed by atoms with Crippen LogP contribution in [0.5, 0.6) is 11.5 Å². The van der Waals surface area contributed by atoms with Crippen molar-refractivity contribution in [1.82, 2.24) is 19.7 Å². The second-order valence-corrected chi connectivity index (χ2v) is 8.59. The van der Waals surface area contributed by atoms with Crippen molar-refractivity contribution in [3.05, 3.63) is 96.2 Å². The summed E-state index contributed by atoms with van der Waals surface area (Å²) in [6.45, 7) is 1.90. The fourth-order valence-corrected chi connectivity index (χ4v) is 3.99. The first kappa shape index (κ1) is 25.0. The van der Waals surface area contributed by atoms with E-state index < -0.39 is 11.9 Å². The molecule has 0 unspecified atom stereocenters. The van der Waals surface area contributed by atoms with Gasteiger partial charge in [-0.3, -0.25) is 0 Å². The van der Waals surface area contributed by atoms with Crippen molar-refractivity contribution in [3.8, 4) is 51.2 Å². The summed E-state index contributed by atoms with van der Waals surface area (Å²) in [5, 5.41) is 4.66. The maximum atomic E-state index is 14.0. The molecule has 0 N–H and O–H groups in total. The summed E-state index contributed by atoms with van der Waals surface area (Å²) >= 11 is 0. The standard InChI is InChI=1S/C29H23F3N4O2/c1-18-10-12-19(13-11-18)24-17-27(29(30,31)32)34-28(33-24)36-26(21-7-5-9-23(15-21)38-3)16-25(35-36)20-6-4-8-22(14-20)37-2/h4-17H,1-3H3. The first-order chi connectivity index (χ1) is 18.2. The first-order valence-corrected chi connectivity index (χ1v) is 11.7. The van der Waals surface area contributed by atoms with Crippen LogP contribution in [0.2, 0.25) is 0 Å². The van der Waals surface area contributed by atoms with Gasteiger partial charge in [0.2, 0.25) is 0 Å². The van der Waals surface area contributed by atoms with E-state index in [4.69, 9.17) is 9.47 Å². The van der Waals surface area contributed by atoms with Gasteiger partial charge in [-0.05, 0) is 43.3 Å². The Morgan fingerprint density at radius 1 is 0.684 bits per heavy atom. The molecule has 3 aromatic carbocycles. The summed E-state index contributed by atoms with van der Waals surface area (Å²) in [7, 11) is 3.10. The lowest BCUT2D eigenvalue weighted by Gasteiger charge is -2.13. The van der Waals surface area contributed by atoms with Gasteiger partial charge in [0.1, 0.15) is 11.5 Å². The Balaban J connectivity index is 1.75. The molecule has 0 aliphatic heterocycles. The van der Waals surface area contributed by atoms with Crippen LogP contribution < -0.4 is 9.47 Å². The Hall–Kier alpha value is -4.66. The molecule has 0 fully saturated rings.